The maximum Gasteiger partial charge on any atom is 0.328 e. The predicted molar refractivity (Wildman–Crippen MR) is 54.4 cm³/mol. The Morgan fingerprint density at radius 3 is 1.07 bits per heavy atom. The zero-order chi connectivity index (χ0) is 12.0. The summed E-state index contributed by atoms with van der Waals surface area (Å²) in [4.78, 5) is 19.1. The molecule has 6 nitrogen and oxygen atoms in total. The largest absolute Gasteiger partial charge is 0.478 e. The highest BCUT2D eigenvalue weighted by Crippen LogP contribution is 1.70. The molecule has 4 N–H and O–H groups in total. The molecule has 0 bridgehead atoms. The summed E-state index contributed by atoms with van der Waals surface area (Å²) in [6.07, 6.45) is 1.12. The van der Waals surface area contributed by atoms with Crippen LogP contribution in [0.5, 0.6) is 0 Å². The maximum absolute atomic E-state index is 9.55. The molecule has 0 radical (unpaired) electrons. The molecule has 0 saturated carbocycles. The topological polar surface area (TPSA) is 98.7 Å². The summed E-state index contributed by atoms with van der Waals surface area (Å²) in [6, 6.07) is 0. The lowest BCUT2D eigenvalue weighted by molar-refractivity contribution is -0.134. The summed E-state index contributed by atoms with van der Waals surface area (Å²) in [6.45, 7) is 0. The van der Waals surface area contributed by atoms with Crippen molar-refractivity contribution in [1.29, 1.82) is 0 Å². The number of carbonyl (C=O) groups is 2. The molecule has 0 spiro atoms. The van der Waals surface area contributed by atoms with E-state index >= 15 is 0 Å². The zero-order valence-corrected chi connectivity index (χ0v) is 8.87. The molecule has 6 heteroatoms. The summed E-state index contributed by atoms with van der Waals surface area (Å²) in [7, 11) is 7.50. The Morgan fingerprint density at radius 1 is 0.857 bits per heavy atom. The molecule has 0 aromatic heterocycles. The van der Waals surface area contributed by atoms with Crippen molar-refractivity contribution in [3.8, 4) is 0 Å². The summed E-state index contributed by atoms with van der Waals surface area (Å²) in [5.74, 6) is -2.51. The van der Waals surface area contributed by atoms with Gasteiger partial charge in [0.15, 0.2) is 0 Å². The van der Waals surface area contributed by atoms with Gasteiger partial charge in [0.1, 0.15) is 0 Å². The van der Waals surface area contributed by atoms with Gasteiger partial charge in [0.25, 0.3) is 0 Å². The molecular formula is C8H18N2O4. The number of nitrogens with one attached hydrogen (secondary N) is 2. The fourth-order valence-electron chi connectivity index (χ4n) is 0.143. The van der Waals surface area contributed by atoms with E-state index in [9.17, 15) is 9.59 Å². The van der Waals surface area contributed by atoms with Gasteiger partial charge in [-0.3, -0.25) is 0 Å². The SMILES string of the molecule is CNC.CNC.O=C(O)C=CC(=O)O. The van der Waals surface area contributed by atoms with E-state index in [1.165, 1.54) is 0 Å². The first kappa shape index (κ1) is 18.4. The van der Waals surface area contributed by atoms with Crippen molar-refractivity contribution in [3.63, 3.8) is 0 Å². The molecule has 0 unspecified atom stereocenters. The molecule has 0 saturated heterocycles. The van der Waals surface area contributed by atoms with Gasteiger partial charge in [-0.15, -0.1) is 0 Å². The minimum Gasteiger partial charge on any atom is -0.478 e. The van der Waals surface area contributed by atoms with Gasteiger partial charge in [-0.05, 0) is 28.2 Å². The fourth-order valence-corrected chi connectivity index (χ4v) is 0.143. The van der Waals surface area contributed by atoms with Crippen LogP contribution in [0, 0.1) is 0 Å². The minimum absolute atomic E-state index is 0.558. The van der Waals surface area contributed by atoms with Crippen LogP contribution < -0.4 is 10.6 Å². The van der Waals surface area contributed by atoms with E-state index in [4.69, 9.17) is 10.2 Å². The van der Waals surface area contributed by atoms with E-state index in [2.05, 4.69) is 10.6 Å². The molecule has 0 aliphatic heterocycles. The lowest BCUT2D eigenvalue weighted by Crippen LogP contribution is -1.91. The number of carboxylic acids is 2. The van der Waals surface area contributed by atoms with Crippen LogP contribution in [0.3, 0.4) is 0 Å². The van der Waals surface area contributed by atoms with Crippen LogP contribution >= 0.6 is 0 Å². The van der Waals surface area contributed by atoms with Gasteiger partial charge in [0, 0.05) is 12.2 Å². The lowest BCUT2D eigenvalue weighted by Gasteiger charge is -1.74. The van der Waals surface area contributed by atoms with Crippen molar-refractivity contribution < 1.29 is 19.8 Å². The average molecular weight is 206 g/mol. The van der Waals surface area contributed by atoms with E-state index in [1.54, 1.807) is 0 Å². The highest BCUT2D eigenvalue weighted by Gasteiger charge is 1.88. The van der Waals surface area contributed by atoms with Crippen LogP contribution in [0.15, 0.2) is 12.2 Å². The first-order valence-corrected chi connectivity index (χ1v) is 3.77. The van der Waals surface area contributed by atoms with Crippen LogP contribution in [-0.2, 0) is 9.59 Å². The number of hydrogen-bond acceptors (Lipinski definition) is 4. The van der Waals surface area contributed by atoms with E-state index in [-0.39, 0.29) is 0 Å². The number of aliphatic carboxylic acids is 2. The highest BCUT2D eigenvalue weighted by molar-refractivity contribution is 5.89. The summed E-state index contributed by atoms with van der Waals surface area (Å²) in [5.41, 5.74) is 0. The van der Waals surface area contributed by atoms with Gasteiger partial charge in [-0.2, -0.15) is 0 Å². The number of rotatable bonds is 2. The molecule has 0 atom stereocenters. The van der Waals surface area contributed by atoms with Gasteiger partial charge < -0.3 is 20.8 Å². The molecule has 0 aromatic carbocycles. The third kappa shape index (κ3) is 75.4. The molecule has 0 aliphatic rings. The van der Waals surface area contributed by atoms with Crippen molar-refractivity contribution in [2.75, 3.05) is 28.2 Å². The minimum atomic E-state index is -1.26. The van der Waals surface area contributed by atoms with Crippen LogP contribution in [0.2, 0.25) is 0 Å². The third-order valence-corrected chi connectivity index (χ3v) is 0.368. The van der Waals surface area contributed by atoms with Gasteiger partial charge in [0.2, 0.25) is 0 Å². The first-order valence-electron chi connectivity index (χ1n) is 3.77. The predicted octanol–water partition coefficient (Wildman–Crippen LogP) is -0.617. The Balaban J connectivity index is -0.000000168. The summed E-state index contributed by atoms with van der Waals surface area (Å²) < 4.78 is 0. The van der Waals surface area contributed by atoms with Crippen molar-refractivity contribution in [2.45, 2.75) is 0 Å². The van der Waals surface area contributed by atoms with Crippen LogP contribution in [0.1, 0.15) is 0 Å². The van der Waals surface area contributed by atoms with Crippen molar-refractivity contribution >= 4 is 11.9 Å². The second-order valence-electron chi connectivity index (χ2n) is 2.01. The molecule has 84 valence electrons. The fraction of sp³-hybridized carbons (Fsp3) is 0.500. The molecule has 0 rings (SSSR count). The van der Waals surface area contributed by atoms with Crippen LogP contribution in [0.4, 0.5) is 0 Å². The standard InChI is InChI=1S/C4H4O4.2C2H7N/c5-3(6)1-2-4(7)8;2*1-3-2/h1-2H,(H,5,6)(H,7,8);2*3H,1-2H3. The van der Waals surface area contributed by atoms with Gasteiger partial charge in [-0.1, -0.05) is 0 Å². The molecule has 0 aromatic rings. The zero-order valence-electron chi connectivity index (χ0n) is 8.87. The molecule has 0 amide bonds. The normalized spacial score (nSPS) is 8.00. The maximum atomic E-state index is 9.55. The third-order valence-electron chi connectivity index (χ3n) is 0.368. The van der Waals surface area contributed by atoms with E-state index in [0.717, 1.165) is 0 Å². The van der Waals surface area contributed by atoms with Crippen LogP contribution in [0.25, 0.3) is 0 Å². The average Bonchev–Trinajstić information content (AvgIpc) is 2.04. The monoisotopic (exact) mass is 206 g/mol. The van der Waals surface area contributed by atoms with Crippen molar-refractivity contribution in [2.24, 2.45) is 0 Å². The smallest absolute Gasteiger partial charge is 0.328 e. The molecule has 14 heavy (non-hydrogen) atoms. The second-order valence-corrected chi connectivity index (χ2v) is 2.01. The Hall–Kier alpha value is -1.40. The van der Waals surface area contributed by atoms with Crippen molar-refractivity contribution in [3.05, 3.63) is 12.2 Å². The Morgan fingerprint density at radius 2 is 1.00 bits per heavy atom. The van der Waals surface area contributed by atoms with Crippen molar-refractivity contribution in [1.82, 2.24) is 10.6 Å². The number of hydrogen-bond donors (Lipinski definition) is 4. The van der Waals surface area contributed by atoms with E-state index < -0.39 is 11.9 Å². The van der Waals surface area contributed by atoms with E-state index in [1.807, 2.05) is 28.2 Å². The Kier molecular flexibility index (Phi) is 23.2. The Bertz CT molecular complexity index is 151. The summed E-state index contributed by atoms with van der Waals surface area (Å²) in [5, 5.41) is 21.1. The molecular weight excluding hydrogens is 188 g/mol. The van der Waals surface area contributed by atoms with Crippen LogP contribution in [-0.4, -0.2) is 50.3 Å². The molecule has 0 aliphatic carbocycles. The summed E-state index contributed by atoms with van der Waals surface area (Å²) >= 11 is 0. The van der Waals surface area contributed by atoms with Gasteiger partial charge in [0.05, 0.1) is 0 Å². The Labute approximate surface area is 83.6 Å². The first-order chi connectivity index (χ1) is 6.45. The van der Waals surface area contributed by atoms with Gasteiger partial charge >= 0.3 is 11.9 Å². The quantitative estimate of drug-likeness (QED) is 0.450. The molecule has 0 heterocycles. The number of carboxylic acid groups (broad SMARTS) is 2. The van der Waals surface area contributed by atoms with E-state index in [0.29, 0.717) is 12.2 Å². The lowest BCUT2D eigenvalue weighted by atomic mass is 10.5. The molecule has 0 fully saturated rings. The highest BCUT2D eigenvalue weighted by atomic mass is 16.4. The van der Waals surface area contributed by atoms with Gasteiger partial charge in [-0.25, -0.2) is 9.59 Å². The second kappa shape index (κ2) is 17.6.